The monoisotopic (exact) mass is 336 g/mol. The van der Waals surface area contributed by atoms with Gasteiger partial charge in [-0.2, -0.15) is 0 Å². The number of para-hydroxylation sites is 2. The lowest BCUT2D eigenvalue weighted by Crippen LogP contribution is -2.07. The van der Waals surface area contributed by atoms with E-state index >= 15 is 0 Å². The highest BCUT2D eigenvalue weighted by molar-refractivity contribution is 6.01. The lowest BCUT2D eigenvalue weighted by atomic mass is 10.0. The maximum absolute atomic E-state index is 2.39. The van der Waals surface area contributed by atoms with E-state index in [1.807, 2.05) is 0 Å². The summed E-state index contributed by atoms with van der Waals surface area (Å²) in [6.45, 7) is 0. The molecular formula is C24H20N2. The van der Waals surface area contributed by atoms with Gasteiger partial charge >= 0.3 is 0 Å². The van der Waals surface area contributed by atoms with E-state index in [-0.39, 0.29) is 0 Å². The average Bonchev–Trinajstić information content (AvgIpc) is 3.07. The minimum absolute atomic E-state index is 1.21. The topological polar surface area (TPSA) is 7.65 Å². The van der Waals surface area contributed by atoms with Gasteiger partial charge in [-0.25, -0.2) is 0 Å². The van der Waals surface area contributed by atoms with Gasteiger partial charge < -0.3 is 9.30 Å². The van der Waals surface area contributed by atoms with Gasteiger partial charge in [0, 0.05) is 30.7 Å². The molecule has 2 heteroatoms. The first-order valence-electron chi connectivity index (χ1n) is 8.92. The summed E-state index contributed by atoms with van der Waals surface area (Å²) in [5.74, 6) is 0. The van der Waals surface area contributed by atoms with Crippen LogP contribution in [-0.4, -0.2) is 18.5 Å². The Morgan fingerprint density at radius 3 is 1.81 bits per heavy atom. The first-order chi connectivity index (χ1) is 12.7. The van der Waals surface area contributed by atoms with Crippen molar-refractivity contribution in [2.24, 2.45) is 0 Å². The number of benzene rings is 3. The summed E-state index contributed by atoms with van der Waals surface area (Å²) in [6.07, 6.45) is 0. The molecule has 0 N–H and O–H groups in total. The fourth-order valence-electron chi connectivity index (χ4n) is 3.83. The molecule has 2 nitrogen and oxygen atoms in total. The number of hydrogen-bond donors (Lipinski definition) is 0. The van der Waals surface area contributed by atoms with Crippen molar-refractivity contribution in [3.05, 3.63) is 84.9 Å². The van der Waals surface area contributed by atoms with Crippen LogP contribution in [0.15, 0.2) is 84.9 Å². The lowest BCUT2D eigenvalue weighted by molar-refractivity contribution is 1.13. The minimum atomic E-state index is 1.21. The first-order valence-corrected chi connectivity index (χ1v) is 8.92. The Bertz CT molecular complexity index is 1240. The van der Waals surface area contributed by atoms with E-state index < -0.39 is 0 Å². The summed E-state index contributed by atoms with van der Waals surface area (Å²) >= 11 is 0. The van der Waals surface area contributed by atoms with Gasteiger partial charge in [0.1, 0.15) is 0 Å². The molecule has 5 aromatic rings. The maximum atomic E-state index is 2.39. The Morgan fingerprint density at radius 2 is 1.19 bits per heavy atom. The molecule has 0 atom stereocenters. The Kier molecular flexibility index (Phi) is 3.26. The Labute approximate surface area is 152 Å². The number of anilines is 1. The van der Waals surface area contributed by atoms with Gasteiger partial charge in [0.15, 0.2) is 0 Å². The zero-order valence-electron chi connectivity index (χ0n) is 15.0. The van der Waals surface area contributed by atoms with Crippen LogP contribution >= 0.6 is 0 Å². The smallest absolute Gasteiger partial charge is 0.0547 e. The molecule has 3 aromatic carbocycles. The number of aromatic nitrogens is 1. The predicted octanol–water partition coefficient (Wildman–Crippen LogP) is 5.98. The van der Waals surface area contributed by atoms with E-state index in [2.05, 4.69) is 108 Å². The van der Waals surface area contributed by atoms with E-state index in [9.17, 15) is 0 Å². The molecule has 26 heavy (non-hydrogen) atoms. The number of rotatable bonds is 2. The summed E-state index contributed by atoms with van der Waals surface area (Å²) in [5, 5.41) is 2.53. The molecule has 0 amide bonds. The summed E-state index contributed by atoms with van der Waals surface area (Å²) in [7, 11) is 4.14. The lowest BCUT2D eigenvalue weighted by Gasteiger charge is -2.14. The number of nitrogens with zero attached hydrogens (tertiary/aromatic N) is 2. The average molecular weight is 336 g/mol. The normalized spacial score (nSPS) is 11.5. The van der Waals surface area contributed by atoms with Crippen LogP contribution in [0.2, 0.25) is 0 Å². The number of pyridine rings is 1. The number of fused-ring (bicyclic) bond motifs is 5. The highest BCUT2D eigenvalue weighted by atomic mass is 15.1. The van der Waals surface area contributed by atoms with Crippen molar-refractivity contribution in [3.63, 3.8) is 0 Å². The zero-order valence-corrected chi connectivity index (χ0v) is 15.0. The molecule has 0 saturated carbocycles. The Hall–Kier alpha value is -3.26. The molecule has 2 heterocycles. The molecule has 0 aliphatic carbocycles. The van der Waals surface area contributed by atoms with Gasteiger partial charge in [-0.05, 0) is 47.3 Å². The second-order valence-corrected chi connectivity index (χ2v) is 6.98. The van der Waals surface area contributed by atoms with Crippen molar-refractivity contribution in [3.8, 4) is 11.1 Å². The van der Waals surface area contributed by atoms with E-state index in [0.717, 1.165) is 0 Å². The summed E-state index contributed by atoms with van der Waals surface area (Å²) in [5.41, 5.74) is 7.48. The predicted molar refractivity (Wildman–Crippen MR) is 112 cm³/mol. The SMILES string of the molecule is CN(C)c1ccc(-c2cc3ccccc3n3c2cc2ccccc23)cc1. The van der Waals surface area contributed by atoms with Crippen LogP contribution in [0.1, 0.15) is 0 Å². The fraction of sp³-hybridized carbons (Fsp3) is 0.0833. The first kappa shape index (κ1) is 15.0. The molecule has 0 aliphatic heterocycles. The number of hydrogen-bond acceptors (Lipinski definition) is 1. The zero-order chi connectivity index (χ0) is 17.7. The van der Waals surface area contributed by atoms with E-state index in [1.165, 1.54) is 44.1 Å². The van der Waals surface area contributed by atoms with E-state index in [0.29, 0.717) is 0 Å². The van der Waals surface area contributed by atoms with Gasteiger partial charge in [-0.15, -0.1) is 0 Å². The van der Waals surface area contributed by atoms with Crippen molar-refractivity contribution in [2.45, 2.75) is 0 Å². The molecule has 5 rings (SSSR count). The molecule has 0 aliphatic rings. The van der Waals surface area contributed by atoms with E-state index in [4.69, 9.17) is 0 Å². The fourth-order valence-corrected chi connectivity index (χ4v) is 3.83. The van der Waals surface area contributed by atoms with Crippen LogP contribution in [0.5, 0.6) is 0 Å². The quantitative estimate of drug-likeness (QED) is 0.385. The molecule has 2 aromatic heterocycles. The summed E-state index contributed by atoms with van der Waals surface area (Å²) in [6, 6.07) is 30.7. The molecule has 0 bridgehead atoms. The second-order valence-electron chi connectivity index (χ2n) is 6.98. The highest BCUT2D eigenvalue weighted by Crippen LogP contribution is 2.34. The third-order valence-electron chi connectivity index (χ3n) is 5.16. The maximum Gasteiger partial charge on any atom is 0.0547 e. The Balaban J connectivity index is 1.89. The standard InChI is InChI=1S/C24H20N2/c1-25(2)20-13-11-17(12-14-20)21-15-18-7-3-5-9-22(18)26-23-10-6-4-8-19(23)16-24(21)26/h3-16H,1-2H3. The molecular weight excluding hydrogens is 316 g/mol. The second kappa shape index (κ2) is 5.63. The summed E-state index contributed by atoms with van der Waals surface area (Å²) < 4.78 is 2.39. The van der Waals surface area contributed by atoms with Gasteiger partial charge in [0.25, 0.3) is 0 Å². The van der Waals surface area contributed by atoms with Crippen molar-refractivity contribution in [2.75, 3.05) is 19.0 Å². The molecule has 0 fully saturated rings. The minimum Gasteiger partial charge on any atom is -0.378 e. The van der Waals surface area contributed by atoms with Crippen molar-refractivity contribution < 1.29 is 0 Å². The van der Waals surface area contributed by atoms with Gasteiger partial charge in [0.05, 0.1) is 16.6 Å². The van der Waals surface area contributed by atoms with Crippen LogP contribution in [-0.2, 0) is 0 Å². The van der Waals surface area contributed by atoms with Crippen molar-refractivity contribution in [1.29, 1.82) is 0 Å². The van der Waals surface area contributed by atoms with Crippen LogP contribution in [0, 0.1) is 0 Å². The third-order valence-corrected chi connectivity index (χ3v) is 5.16. The van der Waals surface area contributed by atoms with Gasteiger partial charge in [0.2, 0.25) is 0 Å². The molecule has 0 radical (unpaired) electrons. The Morgan fingerprint density at radius 1 is 0.615 bits per heavy atom. The summed E-state index contributed by atoms with van der Waals surface area (Å²) in [4.78, 5) is 2.13. The van der Waals surface area contributed by atoms with Crippen LogP contribution in [0.4, 0.5) is 5.69 Å². The van der Waals surface area contributed by atoms with Gasteiger partial charge in [-0.3, -0.25) is 0 Å². The molecule has 0 spiro atoms. The van der Waals surface area contributed by atoms with Crippen LogP contribution in [0.25, 0.3) is 38.4 Å². The van der Waals surface area contributed by atoms with Crippen LogP contribution < -0.4 is 4.90 Å². The van der Waals surface area contributed by atoms with Crippen molar-refractivity contribution in [1.82, 2.24) is 4.40 Å². The van der Waals surface area contributed by atoms with E-state index in [1.54, 1.807) is 0 Å². The van der Waals surface area contributed by atoms with Crippen molar-refractivity contribution >= 4 is 33.0 Å². The van der Waals surface area contributed by atoms with Gasteiger partial charge in [-0.1, -0.05) is 48.5 Å². The molecule has 0 saturated heterocycles. The van der Waals surface area contributed by atoms with Crippen LogP contribution in [0.3, 0.4) is 0 Å². The molecule has 126 valence electrons. The third kappa shape index (κ3) is 2.19. The highest BCUT2D eigenvalue weighted by Gasteiger charge is 2.12. The largest absolute Gasteiger partial charge is 0.378 e. The molecule has 0 unspecified atom stereocenters.